The highest BCUT2D eigenvalue weighted by Gasteiger charge is 2.38. The van der Waals surface area contributed by atoms with Gasteiger partial charge in [0.1, 0.15) is 5.56 Å². The van der Waals surface area contributed by atoms with Crippen molar-refractivity contribution in [2.24, 2.45) is 0 Å². The molecule has 0 spiro atoms. The summed E-state index contributed by atoms with van der Waals surface area (Å²) in [6.07, 6.45) is -4.24. The first-order valence-corrected chi connectivity index (χ1v) is 6.89. The fourth-order valence-corrected chi connectivity index (χ4v) is 2.52. The van der Waals surface area contributed by atoms with Gasteiger partial charge in [-0.25, -0.2) is 0 Å². The number of halogens is 3. The molecule has 0 aromatic heterocycles. The fourth-order valence-electron chi connectivity index (χ4n) is 2.52. The summed E-state index contributed by atoms with van der Waals surface area (Å²) in [5, 5.41) is 3.16. The molecule has 0 amide bonds. The van der Waals surface area contributed by atoms with Crippen molar-refractivity contribution in [1.29, 1.82) is 0 Å². The van der Waals surface area contributed by atoms with Crippen molar-refractivity contribution in [2.75, 3.05) is 32.9 Å². The molecule has 1 fully saturated rings. The maximum atomic E-state index is 13.1. The molecule has 1 aromatic rings. The molecule has 3 rings (SSSR count). The lowest BCUT2D eigenvalue weighted by Gasteiger charge is -2.27. The van der Waals surface area contributed by atoms with E-state index in [0.717, 1.165) is 12.6 Å². The Morgan fingerprint density at radius 1 is 1.05 bits per heavy atom. The van der Waals surface area contributed by atoms with Crippen LogP contribution in [-0.2, 0) is 10.9 Å². The SMILES string of the molecule is FC(F)(F)c1ccc(C2CNCCO2)c2c1OCCCO2. The average Bonchev–Trinajstić information content (AvgIpc) is 2.71. The van der Waals surface area contributed by atoms with Gasteiger partial charge in [0.05, 0.1) is 25.9 Å². The Labute approximate surface area is 120 Å². The normalized spacial score (nSPS) is 22.7. The summed E-state index contributed by atoms with van der Waals surface area (Å²) in [4.78, 5) is 0. The molecule has 1 N–H and O–H groups in total. The molecule has 0 aliphatic carbocycles. The van der Waals surface area contributed by atoms with E-state index < -0.39 is 11.7 Å². The van der Waals surface area contributed by atoms with E-state index in [1.807, 2.05) is 0 Å². The first kappa shape index (κ1) is 14.5. The van der Waals surface area contributed by atoms with Crippen LogP contribution in [0.5, 0.6) is 11.5 Å². The van der Waals surface area contributed by atoms with Gasteiger partial charge < -0.3 is 19.5 Å². The molecular weight excluding hydrogens is 287 g/mol. The number of nitrogens with one attached hydrogen (secondary N) is 1. The van der Waals surface area contributed by atoms with Gasteiger partial charge in [-0.1, -0.05) is 6.07 Å². The highest BCUT2D eigenvalue weighted by Crippen LogP contribution is 2.46. The standard InChI is InChI=1S/C14H16F3NO3/c15-14(16,17)10-3-2-9(11-8-18-4-7-19-11)12-13(10)21-6-1-5-20-12/h2-3,11,18H,1,4-8H2. The summed E-state index contributed by atoms with van der Waals surface area (Å²) in [6, 6.07) is 2.47. The molecule has 0 saturated carbocycles. The number of ether oxygens (including phenoxy) is 3. The van der Waals surface area contributed by atoms with Crippen molar-refractivity contribution in [2.45, 2.75) is 18.7 Å². The van der Waals surface area contributed by atoms with Crippen molar-refractivity contribution in [1.82, 2.24) is 5.32 Å². The molecule has 21 heavy (non-hydrogen) atoms. The van der Waals surface area contributed by atoms with E-state index in [1.165, 1.54) is 6.07 Å². The fraction of sp³-hybridized carbons (Fsp3) is 0.571. The van der Waals surface area contributed by atoms with Crippen LogP contribution in [0.2, 0.25) is 0 Å². The van der Waals surface area contributed by atoms with Crippen LogP contribution in [0.3, 0.4) is 0 Å². The van der Waals surface area contributed by atoms with Crippen molar-refractivity contribution in [3.05, 3.63) is 23.3 Å². The summed E-state index contributed by atoms with van der Waals surface area (Å²) in [6.45, 7) is 2.34. The molecule has 116 valence electrons. The summed E-state index contributed by atoms with van der Waals surface area (Å²) in [7, 11) is 0. The second-order valence-corrected chi connectivity index (χ2v) is 4.97. The predicted octanol–water partition coefficient (Wildman–Crippen LogP) is 2.53. The maximum absolute atomic E-state index is 13.1. The van der Waals surface area contributed by atoms with Crippen molar-refractivity contribution < 1.29 is 27.4 Å². The zero-order valence-electron chi connectivity index (χ0n) is 11.3. The van der Waals surface area contributed by atoms with Gasteiger partial charge in [-0.2, -0.15) is 13.2 Å². The molecule has 2 heterocycles. The van der Waals surface area contributed by atoms with Gasteiger partial charge in [0.25, 0.3) is 0 Å². The minimum Gasteiger partial charge on any atom is -0.489 e. The van der Waals surface area contributed by atoms with E-state index in [9.17, 15) is 13.2 Å². The van der Waals surface area contributed by atoms with E-state index >= 15 is 0 Å². The van der Waals surface area contributed by atoms with Crippen LogP contribution in [0.1, 0.15) is 23.7 Å². The van der Waals surface area contributed by atoms with Gasteiger partial charge in [0.15, 0.2) is 11.5 Å². The topological polar surface area (TPSA) is 39.7 Å². The van der Waals surface area contributed by atoms with Gasteiger partial charge in [0, 0.05) is 25.1 Å². The van der Waals surface area contributed by atoms with E-state index in [4.69, 9.17) is 14.2 Å². The van der Waals surface area contributed by atoms with Gasteiger partial charge in [-0.3, -0.25) is 0 Å². The highest BCUT2D eigenvalue weighted by atomic mass is 19.4. The summed E-state index contributed by atoms with van der Waals surface area (Å²) in [5.74, 6) is -0.0531. The van der Waals surface area contributed by atoms with Crippen molar-refractivity contribution in [3.63, 3.8) is 0 Å². The Balaban J connectivity index is 2.05. The average molecular weight is 303 g/mol. The lowest BCUT2D eigenvalue weighted by Crippen LogP contribution is -2.33. The third-order valence-electron chi connectivity index (χ3n) is 3.50. The molecule has 1 aromatic carbocycles. The first-order valence-electron chi connectivity index (χ1n) is 6.89. The van der Waals surface area contributed by atoms with E-state index in [0.29, 0.717) is 31.7 Å². The third kappa shape index (κ3) is 2.94. The smallest absolute Gasteiger partial charge is 0.420 e. The first-order chi connectivity index (χ1) is 10.1. The number of fused-ring (bicyclic) bond motifs is 1. The quantitative estimate of drug-likeness (QED) is 0.865. The molecule has 0 bridgehead atoms. The molecule has 1 atom stereocenters. The minimum absolute atomic E-state index is 0.163. The summed E-state index contributed by atoms with van der Waals surface area (Å²) >= 11 is 0. The monoisotopic (exact) mass is 303 g/mol. The third-order valence-corrected chi connectivity index (χ3v) is 3.50. The second kappa shape index (κ2) is 5.73. The lowest BCUT2D eigenvalue weighted by molar-refractivity contribution is -0.139. The van der Waals surface area contributed by atoms with Crippen molar-refractivity contribution in [3.8, 4) is 11.5 Å². The number of hydrogen-bond acceptors (Lipinski definition) is 4. The number of rotatable bonds is 1. The molecule has 4 nitrogen and oxygen atoms in total. The number of hydrogen-bond donors (Lipinski definition) is 1. The molecule has 2 aliphatic rings. The molecule has 1 saturated heterocycles. The van der Waals surface area contributed by atoms with Gasteiger partial charge >= 0.3 is 6.18 Å². The van der Waals surface area contributed by atoms with E-state index in [1.54, 1.807) is 0 Å². The Kier molecular flexibility index (Phi) is 3.95. The predicted molar refractivity (Wildman–Crippen MR) is 68.6 cm³/mol. The number of alkyl halides is 3. The zero-order chi connectivity index (χ0) is 14.9. The molecule has 7 heteroatoms. The summed E-state index contributed by atoms with van der Waals surface area (Å²) in [5.41, 5.74) is -0.195. The lowest BCUT2D eigenvalue weighted by atomic mass is 10.0. The second-order valence-electron chi connectivity index (χ2n) is 4.97. The van der Waals surface area contributed by atoms with Crippen LogP contribution in [0.25, 0.3) is 0 Å². The van der Waals surface area contributed by atoms with E-state index in [-0.39, 0.29) is 24.2 Å². The van der Waals surface area contributed by atoms with Crippen LogP contribution < -0.4 is 14.8 Å². The van der Waals surface area contributed by atoms with Crippen molar-refractivity contribution >= 4 is 0 Å². The number of benzene rings is 1. The van der Waals surface area contributed by atoms with Gasteiger partial charge in [0.2, 0.25) is 0 Å². The largest absolute Gasteiger partial charge is 0.489 e. The van der Waals surface area contributed by atoms with Crippen LogP contribution >= 0.6 is 0 Å². The Morgan fingerprint density at radius 2 is 1.81 bits per heavy atom. The minimum atomic E-state index is -4.47. The Morgan fingerprint density at radius 3 is 2.48 bits per heavy atom. The maximum Gasteiger partial charge on any atom is 0.420 e. The molecular formula is C14H16F3NO3. The summed E-state index contributed by atoms with van der Waals surface area (Å²) < 4.78 is 55.8. The Hall–Kier alpha value is -1.47. The van der Waals surface area contributed by atoms with Crippen LogP contribution in [0.15, 0.2) is 12.1 Å². The van der Waals surface area contributed by atoms with Crippen LogP contribution in [0, 0.1) is 0 Å². The zero-order valence-corrected chi connectivity index (χ0v) is 11.3. The van der Waals surface area contributed by atoms with Crippen LogP contribution in [0.4, 0.5) is 13.2 Å². The van der Waals surface area contributed by atoms with Crippen LogP contribution in [-0.4, -0.2) is 32.9 Å². The Bertz CT molecular complexity index is 513. The van der Waals surface area contributed by atoms with Gasteiger partial charge in [-0.05, 0) is 6.07 Å². The number of morpholine rings is 1. The molecule has 0 radical (unpaired) electrons. The van der Waals surface area contributed by atoms with Gasteiger partial charge in [-0.15, -0.1) is 0 Å². The highest BCUT2D eigenvalue weighted by molar-refractivity contribution is 5.54. The molecule has 1 unspecified atom stereocenters. The molecule has 2 aliphatic heterocycles. The van der Waals surface area contributed by atoms with E-state index in [2.05, 4.69) is 5.32 Å².